The third-order valence-electron chi connectivity index (χ3n) is 5.05. The lowest BCUT2D eigenvalue weighted by atomic mass is 10.1. The summed E-state index contributed by atoms with van der Waals surface area (Å²) in [6.07, 6.45) is 0. The third-order valence-corrected chi connectivity index (χ3v) is 6.97. The van der Waals surface area contributed by atoms with Gasteiger partial charge in [-0.15, -0.1) is 10.2 Å². The molecule has 6 nitrogen and oxygen atoms in total. The first-order valence-corrected chi connectivity index (χ1v) is 12.6. The van der Waals surface area contributed by atoms with Gasteiger partial charge in [0.15, 0.2) is 11.0 Å². The van der Waals surface area contributed by atoms with Crippen LogP contribution in [-0.2, 0) is 4.79 Å². The van der Waals surface area contributed by atoms with Crippen molar-refractivity contribution in [3.63, 3.8) is 0 Å². The van der Waals surface area contributed by atoms with Crippen molar-refractivity contribution in [2.45, 2.75) is 19.0 Å². The van der Waals surface area contributed by atoms with Gasteiger partial charge < -0.3 is 0 Å². The quantitative estimate of drug-likeness (QED) is 0.157. The summed E-state index contributed by atoms with van der Waals surface area (Å²) in [7, 11) is 0. The predicted molar refractivity (Wildman–Crippen MR) is 144 cm³/mol. The molecule has 178 valence electrons. The number of amides is 1. The number of thioether (sulfide) groups is 1. The molecule has 1 heterocycles. The Labute approximate surface area is 222 Å². The Morgan fingerprint density at radius 2 is 1.69 bits per heavy atom. The van der Waals surface area contributed by atoms with Crippen molar-refractivity contribution in [2.75, 3.05) is 5.75 Å². The topological polar surface area (TPSA) is 72.2 Å². The minimum atomic E-state index is -0.277. The number of benzene rings is 3. The van der Waals surface area contributed by atoms with Crippen LogP contribution in [0, 0.1) is 6.92 Å². The fourth-order valence-electron chi connectivity index (χ4n) is 3.17. The van der Waals surface area contributed by atoms with Gasteiger partial charge in [-0.25, -0.2) is 5.43 Å². The summed E-state index contributed by atoms with van der Waals surface area (Å²) < 4.78 is 1.92. The molecule has 0 saturated carbocycles. The SMILES string of the molecule is C/C(=N/NC(=O)CSc1nnc(-c2ccc(Cl)cc2)n1-c1ccc(C)cc1)c1ccc(Cl)c(Cl)c1. The molecule has 0 aliphatic heterocycles. The van der Waals surface area contributed by atoms with Crippen LogP contribution in [-0.4, -0.2) is 32.1 Å². The molecule has 1 N–H and O–H groups in total. The van der Waals surface area contributed by atoms with Crippen molar-refractivity contribution < 1.29 is 4.79 Å². The van der Waals surface area contributed by atoms with Crippen LogP contribution in [0.4, 0.5) is 0 Å². The van der Waals surface area contributed by atoms with E-state index in [2.05, 4.69) is 20.7 Å². The molecule has 0 aliphatic carbocycles. The van der Waals surface area contributed by atoms with Gasteiger partial charge in [-0.1, -0.05) is 70.3 Å². The highest BCUT2D eigenvalue weighted by Crippen LogP contribution is 2.29. The maximum absolute atomic E-state index is 12.5. The number of hydrogen-bond acceptors (Lipinski definition) is 5. The number of carbonyl (C=O) groups excluding carboxylic acids is 1. The summed E-state index contributed by atoms with van der Waals surface area (Å²) in [5.41, 5.74) is 6.84. The zero-order chi connectivity index (χ0) is 24.9. The van der Waals surface area contributed by atoms with Crippen molar-refractivity contribution in [1.82, 2.24) is 20.2 Å². The highest BCUT2D eigenvalue weighted by atomic mass is 35.5. The van der Waals surface area contributed by atoms with E-state index in [0.717, 1.165) is 22.4 Å². The fourth-order valence-corrected chi connectivity index (χ4v) is 4.34. The highest BCUT2D eigenvalue weighted by molar-refractivity contribution is 7.99. The second kappa shape index (κ2) is 11.3. The Morgan fingerprint density at radius 3 is 2.37 bits per heavy atom. The van der Waals surface area contributed by atoms with Gasteiger partial charge in [0.2, 0.25) is 0 Å². The largest absolute Gasteiger partial charge is 0.272 e. The number of nitrogens with zero attached hydrogens (tertiary/aromatic N) is 4. The molecule has 0 bridgehead atoms. The van der Waals surface area contributed by atoms with Crippen LogP contribution in [0.3, 0.4) is 0 Å². The first kappa shape index (κ1) is 25.3. The number of carbonyl (C=O) groups is 1. The highest BCUT2D eigenvalue weighted by Gasteiger charge is 2.17. The molecule has 1 aromatic heterocycles. The van der Waals surface area contributed by atoms with Gasteiger partial charge in [-0.3, -0.25) is 9.36 Å². The molecule has 0 fully saturated rings. The molecule has 4 aromatic rings. The maximum Gasteiger partial charge on any atom is 0.250 e. The van der Waals surface area contributed by atoms with E-state index < -0.39 is 0 Å². The van der Waals surface area contributed by atoms with Crippen molar-refractivity contribution in [3.05, 3.63) is 92.9 Å². The molecule has 3 aromatic carbocycles. The lowest BCUT2D eigenvalue weighted by Gasteiger charge is -2.11. The van der Waals surface area contributed by atoms with Crippen molar-refractivity contribution in [3.8, 4) is 17.1 Å². The third kappa shape index (κ3) is 6.24. The maximum atomic E-state index is 12.5. The van der Waals surface area contributed by atoms with Crippen molar-refractivity contribution in [2.24, 2.45) is 5.10 Å². The molecular formula is C25H20Cl3N5OS. The minimum absolute atomic E-state index is 0.1000. The molecule has 4 rings (SSSR count). The van der Waals surface area contributed by atoms with E-state index in [1.165, 1.54) is 11.8 Å². The summed E-state index contributed by atoms with van der Waals surface area (Å²) in [6.45, 7) is 3.80. The van der Waals surface area contributed by atoms with Gasteiger partial charge >= 0.3 is 0 Å². The van der Waals surface area contributed by atoms with Crippen LogP contribution < -0.4 is 5.43 Å². The van der Waals surface area contributed by atoms with E-state index in [1.807, 2.05) is 47.9 Å². The van der Waals surface area contributed by atoms with Crippen LogP contribution in [0.25, 0.3) is 17.1 Å². The molecule has 0 radical (unpaired) electrons. The summed E-state index contributed by atoms with van der Waals surface area (Å²) in [5.74, 6) is 0.478. The van der Waals surface area contributed by atoms with E-state index in [4.69, 9.17) is 34.8 Å². The Morgan fingerprint density at radius 1 is 0.971 bits per heavy atom. The first-order chi connectivity index (χ1) is 16.8. The van der Waals surface area contributed by atoms with Crippen molar-refractivity contribution in [1.29, 1.82) is 0 Å². The number of halogens is 3. The molecule has 0 aliphatic rings. The minimum Gasteiger partial charge on any atom is -0.272 e. The Bertz CT molecular complexity index is 1390. The second-order valence-corrected chi connectivity index (χ2v) is 9.83. The molecule has 0 unspecified atom stereocenters. The van der Waals surface area contributed by atoms with Crippen LogP contribution in [0.5, 0.6) is 0 Å². The smallest absolute Gasteiger partial charge is 0.250 e. The zero-order valence-electron chi connectivity index (χ0n) is 18.8. The van der Waals surface area contributed by atoms with Gasteiger partial charge in [0, 0.05) is 16.3 Å². The molecule has 0 atom stereocenters. The first-order valence-electron chi connectivity index (χ1n) is 10.5. The number of aryl methyl sites for hydroxylation is 1. The number of nitrogens with one attached hydrogen (secondary N) is 1. The van der Waals surface area contributed by atoms with Crippen LogP contribution in [0.15, 0.2) is 77.0 Å². The van der Waals surface area contributed by atoms with Crippen LogP contribution >= 0.6 is 46.6 Å². The second-order valence-electron chi connectivity index (χ2n) is 7.63. The van der Waals surface area contributed by atoms with Crippen LogP contribution in [0.1, 0.15) is 18.1 Å². The van der Waals surface area contributed by atoms with Gasteiger partial charge in [0.1, 0.15) is 0 Å². The average Bonchev–Trinajstić information content (AvgIpc) is 3.27. The average molecular weight is 545 g/mol. The van der Waals surface area contributed by atoms with Crippen molar-refractivity contribution >= 4 is 58.2 Å². The van der Waals surface area contributed by atoms with Gasteiger partial charge in [0.25, 0.3) is 5.91 Å². The van der Waals surface area contributed by atoms with E-state index in [9.17, 15) is 4.79 Å². The summed E-state index contributed by atoms with van der Waals surface area (Å²) >= 11 is 19.4. The zero-order valence-corrected chi connectivity index (χ0v) is 21.9. The van der Waals surface area contributed by atoms with Gasteiger partial charge in [-0.2, -0.15) is 5.10 Å². The number of aromatic nitrogens is 3. The monoisotopic (exact) mass is 543 g/mol. The number of hydrogen-bond donors (Lipinski definition) is 1. The Balaban J connectivity index is 1.52. The molecule has 35 heavy (non-hydrogen) atoms. The number of hydrazone groups is 1. The summed E-state index contributed by atoms with van der Waals surface area (Å²) in [6, 6.07) is 20.6. The Kier molecular flexibility index (Phi) is 8.13. The predicted octanol–water partition coefficient (Wildman–Crippen LogP) is 6.84. The van der Waals surface area contributed by atoms with E-state index in [0.29, 0.717) is 31.8 Å². The lowest BCUT2D eigenvalue weighted by Crippen LogP contribution is -2.21. The normalized spacial score (nSPS) is 11.5. The Hall–Kier alpha value is -2.84. The van der Waals surface area contributed by atoms with E-state index in [1.54, 1.807) is 37.3 Å². The molecular weight excluding hydrogens is 525 g/mol. The van der Waals surface area contributed by atoms with E-state index >= 15 is 0 Å². The molecule has 10 heteroatoms. The van der Waals surface area contributed by atoms with Gasteiger partial charge in [0.05, 0.1) is 21.5 Å². The van der Waals surface area contributed by atoms with Gasteiger partial charge in [-0.05, 0) is 67.9 Å². The molecule has 0 saturated heterocycles. The number of rotatable bonds is 7. The molecule has 0 spiro atoms. The molecule has 1 amide bonds. The summed E-state index contributed by atoms with van der Waals surface area (Å²) in [5, 5.41) is 15.0. The van der Waals surface area contributed by atoms with Crippen LogP contribution in [0.2, 0.25) is 15.1 Å². The van der Waals surface area contributed by atoms with E-state index in [-0.39, 0.29) is 11.7 Å². The fraction of sp³-hybridized carbons (Fsp3) is 0.120. The lowest BCUT2D eigenvalue weighted by molar-refractivity contribution is -0.118. The summed E-state index contributed by atoms with van der Waals surface area (Å²) in [4.78, 5) is 12.5. The standard InChI is InChI=1S/C25H20Cl3N5OS/c1-15-3-10-20(11-4-15)33-24(17-5-8-19(26)9-6-17)31-32-25(33)35-14-23(34)30-29-16(2)18-7-12-21(27)22(28)13-18/h3-13H,14H2,1-2H3,(H,30,34)/b29-16-.